The van der Waals surface area contributed by atoms with Crippen LogP contribution >= 0.6 is 0 Å². The van der Waals surface area contributed by atoms with E-state index in [1.807, 2.05) is 24.1 Å². The summed E-state index contributed by atoms with van der Waals surface area (Å²) < 4.78 is 1.81. The Hall–Kier alpha value is -1.36. The van der Waals surface area contributed by atoms with Crippen molar-refractivity contribution >= 4 is 5.91 Å². The van der Waals surface area contributed by atoms with Crippen LogP contribution in [0.2, 0.25) is 0 Å². The van der Waals surface area contributed by atoms with E-state index in [1.54, 1.807) is 0 Å². The minimum Gasteiger partial charge on any atom is -0.355 e. The normalized spacial score (nSPS) is 26.4. The van der Waals surface area contributed by atoms with E-state index in [-0.39, 0.29) is 17.7 Å². The van der Waals surface area contributed by atoms with Gasteiger partial charge in [0.25, 0.3) is 0 Å². The average molecular weight is 304 g/mol. The number of aromatic nitrogens is 2. The van der Waals surface area contributed by atoms with Crippen LogP contribution in [0.15, 0.2) is 12.4 Å². The van der Waals surface area contributed by atoms with Crippen LogP contribution in [-0.4, -0.2) is 35.3 Å². The van der Waals surface area contributed by atoms with Gasteiger partial charge < -0.3 is 10.6 Å². The van der Waals surface area contributed by atoms with Crippen LogP contribution in [0.3, 0.4) is 0 Å². The fraction of sp³-hybridized carbons (Fsp3) is 0.765. The number of hydrogen-bond acceptors (Lipinski definition) is 3. The molecule has 2 aliphatic rings. The lowest BCUT2D eigenvalue weighted by Gasteiger charge is -2.21. The zero-order chi connectivity index (χ0) is 15.7. The van der Waals surface area contributed by atoms with Gasteiger partial charge in [0, 0.05) is 38.8 Å². The first-order valence-corrected chi connectivity index (χ1v) is 8.46. The van der Waals surface area contributed by atoms with Gasteiger partial charge in [0.2, 0.25) is 5.91 Å². The van der Waals surface area contributed by atoms with E-state index in [0.717, 1.165) is 25.2 Å². The van der Waals surface area contributed by atoms with E-state index in [1.165, 1.54) is 19.3 Å². The highest BCUT2D eigenvalue weighted by Crippen LogP contribution is 2.50. The minimum absolute atomic E-state index is 0.0269. The molecule has 0 bridgehead atoms. The van der Waals surface area contributed by atoms with Crippen LogP contribution in [0.1, 0.15) is 44.6 Å². The summed E-state index contributed by atoms with van der Waals surface area (Å²) in [4.78, 5) is 12.6. The minimum atomic E-state index is 0.0269. The van der Waals surface area contributed by atoms with Gasteiger partial charge in [-0.05, 0) is 36.2 Å². The van der Waals surface area contributed by atoms with Gasteiger partial charge in [0.15, 0.2) is 0 Å². The van der Waals surface area contributed by atoms with Gasteiger partial charge in [-0.3, -0.25) is 9.48 Å². The molecule has 5 nitrogen and oxygen atoms in total. The first kappa shape index (κ1) is 15.5. The quantitative estimate of drug-likeness (QED) is 0.840. The molecule has 2 atom stereocenters. The standard InChI is InChI=1S/C17H28N4O/c1-12(2)6-17(4-5-17)11-19-16(22)15-9-18-8-14(15)13-7-20-21(3)10-13/h7,10,12,14-15,18H,4-6,8-9,11H2,1-3H3,(H,19,22)/t14-,15+/m1/s1. The Kier molecular flexibility index (Phi) is 4.26. The van der Waals surface area contributed by atoms with Gasteiger partial charge in [-0.15, -0.1) is 0 Å². The van der Waals surface area contributed by atoms with Crippen molar-refractivity contribution in [2.75, 3.05) is 19.6 Å². The van der Waals surface area contributed by atoms with Crippen LogP contribution in [0.5, 0.6) is 0 Å². The Morgan fingerprint density at radius 2 is 2.27 bits per heavy atom. The van der Waals surface area contributed by atoms with E-state index >= 15 is 0 Å². The second-order valence-corrected chi connectivity index (χ2v) is 7.63. The maximum atomic E-state index is 12.6. The Balaban J connectivity index is 1.57. The lowest BCUT2D eigenvalue weighted by atomic mass is 9.89. The van der Waals surface area contributed by atoms with E-state index in [4.69, 9.17) is 0 Å². The van der Waals surface area contributed by atoms with Gasteiger partial charge in [-0.25, -0.2) is 0 Å². The van der Waals surface area contributed by atoms with Crippen molar-refractivity contribution in [2.24, 2.45) is 24.3 Å². The monoisotopic (exact) mass is 304 g/mol. The average Bonchev–Trinajstić information content (AvgIpc) is 2.89. The molecule has 1 aliphatic carbocycles. The zero-order valence-corrected chi connectivity index (χ0v) is 13.9. The molecule has 1 aromatic rings. The molecular formula is C17H28N4O. The van der Waals surface area contributed by atoms with E-state index in [0.29, 0.717) is 11.3 Å². The predicted molar refractivity (Wildman–Crippen MR) is 86.4 cm³/mol. The molecule has 1 aromatic heterocycles. The maximum Gasteiger partial charge on any atom is 0.225 e. The Morgan fingerprint density at radius 3 is 2.86 bits per heavy atom. The molecule has 2 N–H and O–H groups in total. The Morgan fingerprint density at radius 1 is 1.50 bits per heavy atom. The van der Waals surface area contributed by atoms with Gasteiger partial charge in [-0.1, -0.05) is 13.8 Å². The fourth-order valence-corrected chi connectivity index (χ4v) is 3.84. The predicted octanol–water partition coefficient (Wildman–Crippen LogP) is 1.67. The zero-order valence-electron chi connectivity index (χ0n) is 13.9. The lowest BCUT2D eigenvalue weighted by molar-refractivity contribution is -0.125. The van der Waals surface area contributed by atoms with Crippen LogP contribution in [-0.2, 0) is 11.8 Å². The van der Waals surface area contributed by atoms with E-state index < -0.39 is 0 Å². The van der Waals surface area contributed by atoms with Gasteiger partial charge in [0.1, 0.15) is 0 Å². The molecule has 22 heavy (non-hydrogen) atoms. The lowest BCUT2D eigenvalue weighted by Crippen LogP contribution is -2.38. The van der Waals surface area contributed by atoms with E-state index in [9.17, 15) is 4.79 Å². The summed E-state index contributed by atoms with van der Waals surface area (Å²) in [6.45, 7) is 7.01. The topological polar surface area (TPSA) is 59.0 Å². The summed E-state index contributed by atoms with van der Waals surface area (Å²) >= 11 is 0. The second-order valence-electron chi connectivity index (χ2n) is 7.63. The molecule has 1 saturated heterocycles. The Bertz CT molecular complexity index is 533. The van der Waals surface area contributed by atoms with Gasteiger partial charge in [-0.2, -0.15) is 5.10 Å². The third-order valence-corrected chi connectivity index (χ3v) is 5.14. The number of carbonyl (C=O) groups is 1. The largest absolute Gasteiger partial charge is 0.355 e. The van der Waals surface area contributed by atoms with Crippen molar-refractivity contribution in [3.05, 3.63) is 18.0 Å². The molecule has 0 aromatic carbocycles. The summed E-state index contributed by atoms with van der Waals surface area (Å²) in [6.07, 6.45) is 7.67. The number of hydrogen-bond donors (Lipinski definition) is 2. The third kappa shape index (κ3) is 3.35. The van der Waals surface area contributed by atoms with Crippen LogP contribution in [0.4, 0.5) is 0 Å². The summed E-state index contributed by atoms with van der Waals surface area (Å²) in [7, 11) is 1.92. The van der Waals surface area contributed by atoms with E-state index in [2.05, 4.69) is 29.6 Å². The molecule has 1 saturated carbocycles. The van der Waals surface area contributed by atoms with Crippen molar-refractivity contribution < 1.29 is 4.79 Å². The second kappa shape index (κ2) is 6.03. The van der Waals surface area contributed by atoms with Crippen molar-refractivity contribution in [1.29, 1.82) is 0 Å². The highest BCUT2D eigenvalue weighted by molar-refractivity contribution is 5.80. The van der Waals surface area contributed by atoms with Crippen LogP contribution in [0.25, 0.3) is 0 Å². The van der Waals surface area contributed by atoms with Crippen molar-refractivity contribution in [3.8, 4) is 0 Å². The molecule has 2 heterocycles. The molecule has 2 fully saturated rings. The Labute approximate surface area is 132 Å². The van der Waals surface area contributed by atoms with Crippen molar-refractivity contribution in [1.82, 2.24) is 20.4 Å². The molecule has 1 aliphatic heterocycles. The molecule has 0 unspecified atom stereocenters. The van der Waals surface area contributed by atoms with Crippen LogP contribution < -0.4 is 10.6 Å². The number of amides is 1. The summed E-state index contributed by atoms with van der Waals surface area (Å²) in [5.74, 6) is 1.18. The fourth-order valence-electron chi connectivity index (χ4n) is 3.84. The summed E-state index contributed by atoms with van der Waals surface area (Å²) in [5, 5.41) is 10.8. The molecule has 0 spiro atoms. The molecule has 3 rings (SSSR count). The number of aryl methyl sites for hydroxylation is 1. The molecule has 122 valence electrons. The number of nitrogens with zero attached hydrogens (tertiary/aromatic N) is 2. The SMILES string of the molecule is CC(C)CC1(CNC(=O)[C@H]2CNC[C@@H]2c2cnn(C)c2)CC1. The maximum absolute atomic E-state index is 12.6. The third-order valence-electron chi connectivity index (χ3n) is 5.14. The molecule has 1 amide bonds. The van der Waals surface area contributed by atoms with Gasteiger partial charge >= 0.3 is 0 Å². The van der Waals surface area contributed by atoms with Crippen molar-refractivity contribution in [2.45, 2.75) is 39.0 Å². The van der Waals surface area contributed by atoms with Crippen molar-refractivity contribution in [3.63, 3.8) is 0 Å². The number of carbonyl (C=O) groups excluding carboxylic acids is 1. The van der Waals surface area contributed by atoms with Gasteiger partial charge in [0.05, 0.1) is 12.1 Å². The number of nitrogens with one attached hydrogen (secondary N) is 2. The summed E-state index contributed by atoms with van der Waals surface area (Å²) in [6, 6.07) is 0. The highest BCUT2D eigenvalue weighted by Gasteiger charge is 2.43. The first-order chi connectivity index (χ1) is 10.5. The number of rotatable bonds is 6. The molecule has 5 heteroatoms. The highest BCUT2D eigenvalue weighted by atomic mass is 16.1. The first-order valence-electron chi connectivity index (χ1n) is 8.46. The summed E-state index contributed by atoms with van der Waals surface area (Å²) in [5.41, 5.74) is 1.55. The van der Waals surface area contributed by atoms with Crippen LogP contribution in [0, 0.1) is 17.3 Å². The molecule has 0 radical (unpaired) electrons. The molecular weight excluding hydrogens is 276 g/mol. The smallest absolute Gasteiger partial charge is 0.225 e.